The Morgan fingerprint density at radius 1 is 0.886 bits per heavy atom. The molecule has 4 aromatic rings. The summed E-state index contributed by atoms with van der Waals surface area (Å²) in [7, 11) is 1.27. The molecule has 0 fully saturated rings. The number of carbonyl (C=O) groups is 4. The molecule has 1 amide bonds. The van der Waals surface area contributed by atoms with Gasteiger partial charge in [-0.3, -0.25) is 19.4 Å². The van der Waals surface area contributed by atoms with E-state index in [0.717, 1.165) is 17.7 Å². The van der Waals surface area contributed by atoms with Crippen LogP contribution in [0.4, 0.5) is 18.9 Å². The van der Waals surface area contributed by atoms with Crippen LogP contribution in [0.3, 0.4) is 0 Å². The highest BCUT2D eigenvalue weighted by Gasteiger charge is 2.30. The van der Waals surface area contributed by atoms with Gasteiger partial charge in [0.1, 0.15) is 5.75 Å². The van der Waals surface area contributed by atoms with Crippen molar-refractivity contribution in [1.29, 1.82) is 0 Å². The van der Waals surface area contributed by atoms with Crippen LogP contribution in [-0.2, 0) is 22.1 Å². The molecule has 0 saturated heterocycles. The maximum absolute atomic E-state index is 13.2. The summed E-state index contributed by atoms with van der Waals surface area (Å²) in [6, 6.07) is 18.2. The molecule has 0 atom stereocenters. The quantitative estimate of drug-likeness (QED) is 0.119. The third-order valence-electron chi connectivity index (χ3n) is 6.60. The fourth-order valence-corrected chi connectivity index (χ4v) is 4.37. The third-order valence-corrected chi connectivity index (χ3v) is 6.60. The lowest BCUT2D eigenvalue weighted by Crippen LogP contribution is -2.16. The van der Waals surface area contributed by atoms with Gasteiger partial charge in [0.2, 0.25) is 0 Å². The van der Waals surface area contributed by atoms with E-state index in [9.17, 15) is 32.3 Å². The highest BCUT2D eigenvalue weighted by Crippen LogP contribution is 2.31. The number of benzene rings is 3. The number of hydrogen-bond acceptors (Lipinski definition) is 7. The van der Waals surface area contributed by atoms with E-state index >= 15 is 0 Å². The summed E-state index contributed by atoms with van der Waals surface area (Å²) in [6.45, 7) is 1.36. The number of aromatic nitrogens is 1. The summed E-state index contributed by atoms with van der Waals surface area (Å²) in [5, 5.41) is 2.71. The first-order chi connectivity index (χ1) is 21.0. The standard InChI is InChI=1S/C33H27F3N2O6/c1-20(39)27-19-21(5-3-7-29(40)44-25-15-11-23(12-16-25)32(42)43-2)8-17-28(27)38-31(41)26-6-4-18-37-30(26)22-9-13-24(14-10-22)33(34,35)36/h4,6,8-19H,3,5,7H2,1-2H3,(H,38,41). The fourth-order valence-electron chi connectivity index (χ4n) is 4.37. The average molecular weight is 605 g/mol. The van der Waals surface area contributed by atoms with Gasteiger partial charge in [0.05, 0.1) is 35.2 Å². The number of methoxy groups -OCH3 is 1. The number of nitrogens with one attached hydrogen (secondary N) is 1. The van der Waals surface area contributed by atoms with Gasteiger partial charge in [0.25, 0.3) is 5.91 Å². The van der Waals surface area contributed by atoms with Crippen LogP contribution in [-0.4, -0.2) is 35.7 Å². The van der Waals surface area contributed by atoms with Crippen LogP contribution in [0, 0.1) is 0 Å². The molecule has 8 nitrogen and oxygen atoms in total. The smallest absolute Gasteiger partial charge is 0.416 e. The zero-order chi connectivity index (χ0) is 31.9. The van der Waals surface area contributed by atoms with E-state index in [1.165, 1.54) is 68.8 Å². The lowest BCUT2D eigenvalue weighted by molar-refractivity contribution is -0.137. The molecule has 0 spiro atoms. The van der Waals surface area contributed by atoms with Crippen molar-refractivity contribution in [2.24, 2.45) is 0 Å². The Bertz CT molecular complexity index is 1680. The van der Waals surface area contributed by atoms with Crippen LogP contribution < -0.4 is 10.1 Å². The maximum atomic E-state index is 13.2. The Labute approximate surface area is 250 Å². The Kier molecular flexibility index (Phi) is 9.89. The van der Waals surface area contributed by atoms with Crippen LogP contribution in [0.2, 0.25) is 0 Å². The summed E-state index contributed by atoms with van der Waals surface area (Å²) in [6.07, 6.45) is -2.10. The van der Waals surface area contributed by atoms with Crippen LogP contribution in [0.1, 0.15) is 62.0 Å². The molecular formula is C33H27F3N2O6. The number of hydrogen-bond donors (Lipinski definition) is 1. The van der Waals surface area contributed by atoms with Gasteiger partial charge >= 0.3 is 18.1 Å². The molecule has 0 saturated carbocycles. The van der Waals surface area contributed by atoms with Crippen LogP contribution in [0.5, 0.6) is 5.75 Å². The minimum absolute atomic E-state index is 0.0976. The normalized spacial score (nSPS) is 11.0. The molecule has 4 rings (SSSR count). The molecule has 0 bridgehead atoms. The molecule has 226 valence electrons. The molecular weight excluding hydrogens is 577 g/mol. The number of carbonyl (C=O) groups excluding carboxylic acids is 4. The zero-order valence-electron chi connectivity index (χ0n) is 23.7. The van der Waals surface area contributed by atoms with E-state index in [1.54, 1.807) is 18.2 Å². The highest BCUT2D eigenvalue weighted by atomic mass is 19.4. The molecule has 11 heteroatoms. The number of ether oxygens (including phenoxy) is 2. The molecule has 0 radical (unpaired) electrons. The first-order valence-corrected chi connectivity index (χ1v) is 13.4. The lowest BCUT2D eigenvalue weighted by Gasteiger charge is -2.14. The van der Waals surface area contributed by atoms with Crippen molar-refractivity contribution >= 4 is 29.3 Å². The van der Waals surface area contributed by atoms with Gasteiger partial charge in [-0.1, -0.05) is 18.2 Å². The van der Waals surface area contributed by atoms with E-state index in [1.807, 2.05) is 0 Å². The molecule has 1 N–H and O–H groups in total. The molecule has 1 aromatic heterocycles. The molecule has 0 aliphatic carbocycles. The molecule has 44 heavy (non-hydrogen) atoms. The minimum atomic E-state index is -4.50. The molecule has 0 aliphatic heterocycles. The summed E-state index contributed by atoms with van der Waals surface area (Å²) in [4.78, 5) is 53.7. The first kappa shape index (κ1) is 31.6. The number of aryl methyl sites for hydroxylation is 1. The Balaban J connectivity index is 1.40. The summed E-state index contributed by atoms with van der Waals surface area (Å²) in [5.41, 5.74) is 1.40. The first-order valence-electron chi connectivity index (χ1n) is 13.4. The van der Waals surface area contributed by atoms with Gasteiger partial charge in [0.15, 0.2) is 5.78 Å². The summed E-state index contributed by atoms with van der Waals surface area (Å²) in [5.74, 6) is -1.57. The van der Waals surface area contributed by atoms with Gasteiger partial charge in [-0.25, -0.2) is 4.79 Å². The van der Waals surface area contributed by atoms with Crippen molar-refractivity contribution in [3.63, 3.8) is 0 Å². The number of Topliss-reactive ketones (excluding diaryl/α,β-unsaturated/α-hetero) is 1. The highest BCUT2D eigenvalue weighted by molar-refractivity contribution is 6.11. The van der Waals surface area contributed by atoms with Crippen molar-refractivity contribution in [3.05, 3.63) is 113 Å². The monoisotopic (exact) mass is 604 g/mol. The number of halogens is 3. The summed E-state index contributed by atoms with van der Waals surface area (Å²) < 4.78 is 48.9. The van der Waals surface area contributed by atoms with Gasteiger partial charge in [0, 0.05) is 23.7 Å². The second kappa shape index (κ2) is 13.8. The number of alkyl halides is 3. The maximum Gasteiger partial charge on any atom is 0.416 e. The fraction of sp³-hybridized carbons (Fsp3) is 0.182. The number of rotatable bonds is 10. The van der Waals surface area contributed by atoms with Crippen molar-refractivity contribution in [2.75, 3.05) is 12.4 Å². The second-order valence-electron chi connectivity index (χ2n) is 9.71. The van der Waals surface area contributed by atoms with Crippen LogP contribution in [0.15, 0.2) is 85.1 Å². The minimum Gasteiger partial charge on any atom is -0.465 e. The lowest BCUT2D eigenvalue weighted by atomic mass is 10.0. The van der Waals surface area contributed by atoms with Crippen molar-refractivity contribution in [3.8, 4) is 17.0 Å². The van der Waals surface area contributed by atoms with Gasteiger partial charge < -0.3 is 14.8 Å². The van der Waals surface area contributed by atoms with Crippen molar-refractivity contribution in [1.82, 2.24) is 4.98 Å². The van der Waals surface area contributed by atoms with Gasteiger partial charge in [-0.15, -0.1) is 0 Å². The SMILES string of the molecule is COC(=O)c1ccc(OC(=O)CCCc2ccc(NC(=O)c3cccnc3-c3ccc(C(F)(F)F)cc3)c(C(C)=O)c2)cc1. The molecule has 1 heterocycles. The van der Waals surface area contributed by atoms with Gasteiger partial charge in [-0.05, 0) is 86.0 Å². The van der Waals surface area contributed by atoms with Crippen LogP contribution in [0.25, 0.3) is 11.3 Å². The van der Waals surface area contributed by atoms with Gasteiger partial charge in [-0.2, -0.15) is 13.2 Å². The number of ketones is 1. The largest absolute Gasteiger partial charge is 0.465 e. The number of esters is 2. The number of nitrogens with zero attached hydrogens (tertiary/aromatic N) is 1. The summed E-state index contributed by atoms with van der Waals surface area (Å²) >= 11 is 0. The van der Waals surface area contributed by atoms with E-state index < -0.39 is 29.6 Å². The van der Waals surface area contributed by atoms with E-state index in [4.69, 9.17) is 4.74 Å². The Morgan fingerprint density at radius 3 is 2.23 bits per heavy atom. The van der Waals surface area contributed by atoms with Crippen molar-refractivity contribution < 1.29 is 41.8 Å². The third kappa shape index (κ3) is 7.94. The van der Waals surface area contributed by atoms with Crippen molar-refractivity contribution in [2.45, 2.75) is 32.4 Å². The molecule has 0 unspecified atom stereocenters. The molecule has 0 aliphatic rings. The van der Waals surface area contributed by atoms with Crippen LogP contribution >= 0.6 is 0 Å². The Morgan fingerprint density at radius 2 is 1.59 bits per heavy atom. The predicted octanol–water partition coefficient (Wildman–Crippen LogP) is 6.94. The number of anilines is 1. The second-order valence-corrected chi connectivity index (χ2v) is 9.71. The Hall–Kier alpha value is -5.32. The zero-order valence-corrected chi connectivity index (χ0v) is 23.7. The number of amides is 1. The number of pyridine rings is 1. The topological polar surface area (TPSA) is 112 Å². The molecule has 3 aromatic carbocycles. The van der Waals surface area contributed by atoms with E-state index in [-0.39, 0.29) is 40.5 Å². The average Bonchev–Trinajstić information content (AvgIpc) is 3.01. The van der Waals surface area contributed by atoms with E-state index in [2.05, 4.69) is 15.0 Å². The predicted molar refractivity (Wildman–Crippen MR) is 155 cm³/mol. The van der Waals surface area contributed by atoms with E-state index in [0.29, 0.717) is 24.0 Å².